The van der Waals surface area contributed by atoms with Crippen molar-refractivity contribution < 1.29 is 14.6 Å². The van der Waals surface area contributed by atoms with E-state index in [2.05, 4.69) is 11.7 Å². The molecule has 0 spiro atoms. The van der Waals surface area contributed by atoms with Crippen LogP contribution in [0.2, 0.25) is 0 Å². The minimum absolute atomic E-state index is 0.186. The second kappa shape index (κ2) is 6.66. The van der Waals surface area contributed by atoms with Crippen LogP contribution in [0, 0.1) is 6.92 Å². The molecule has 0 fully saturated rings. The predicted molar refractivity (Wildman–Crippen MR) is 70.4 cm³/mol. The van der Waals surface area contributed by atoms with Crippen LogP contribution in [0.25, 0.3) is 0 Å². The number of rotatable bonds is 5. The summed E-state index contributed by atoms with van der Waals surface area (Å²) in [5.74, 6) is 6.46. The normalized spacial score (nSPS) is 11.2. The Morgan fingerprint density at radius 3 is 2.72 bits per heavy atom. The number of hydrogen-bond donors (Lipinski definition) is 2. The molecule has 1 aromatic rings. The van der Waals surface area contributed by atoms with Gasteiger partial charge in [0.05, 0.1) is 6.61 Å². The van der Waals surface area contributed by atoms with Crippen molar-refractivity contribution >= 4 is 5.90 Å². The van der Waals surface area contributed by atoms with E-state index in [0.29, 0.717) is 12.2 Å². The molecular weight excluding hydrogens is 232 g/mol. The zero-order valence-corrected chi connectivity index (χ0v) is 10.6. The van der Waals surface area contributed by atoms with Gasteiger partial charge in [0.15, 0.2) is 0 Å². The monoisotopic (exact) mass is 250 g/mol. The lowest BCUT2D eigenvalue weighted by atomic mass is 10.1. The molecule has 1 rings (SSSR count). The summed E-state index contributed by atoms with van der Waals surface area (Å²) in [6.45, 7) is 7.69. The topological polar surface area (TPSA) is 77.1 Å². The number of aryl methyl sites for hydroxylation is 1. The summed E-state index contributed by atoms with van der Waals surface area (Å²) in [6, 6.07) is 5.46. The van der Waals surface area contributed by atoms with E-state index in [1.807, 2.05) is 26.0 Å². The standard InChI is InChI=1S/C13H18N2O3/c1-4-17-12-6-5-11(7-9(12)2)13(15-14)18-10(3)8-16/h5-7,16H,3-4,8,14H2,1-2H3/b15-13-. The maximum atomic E-state index is 8.85. The van der Waals surface area contributed by atoms with E-state index >= 15 is 0 Å². The molecule has 0 unspecified atom stereocenters. The number of nitrogens with zero attached hydrogens (tertiary/aromatic N) is 1. The molecule has 0 heterocycles. The second-order valence-electron chi connectivity index (χ2n) is 3.65. The van der Waals surface area contributed by atoms with E-state index in [4.69, 9.17) is 20.4 Å². The summed E-state index contributed by atoms with van der Waals surface area (Å²) in [7, 11) is 0. The summed E-state index contributed by atoms with van der Waals surface area (Å²) in [4.78, 5) is 0. The molecule has 98 valence electrons. The number of hydrogen-bond acceptors (Lipinski definition) is 5. The van der Waals surface area contributed by atoms with Gasteiger partial charge >= 0.3 is 0 Å². The number of benzene rings is 1. The Balaban J connectivity index is 2.95. The summed E-state index contributed by atoms with van der Waals surface area (Å²) in [5, 5.41) is 12.4. The molecule has 0 radical (unpaired) electrons. The Kier molecular flexibility index (Phi) is 5.20. The van der Waals surface area contributed by atoms with Crippen molar-refractivity contribution in [3.63, 3.8) is 0 Å². The smallest absolute Gasteiger partial charge is 0.242 e. The molecule has 0 bridgehead atoms. The number of hydrazone groups is 1. The molecule has 0 aliphatic carbocycles. The molecule has 18 heavy (non-hydrogen) atoms. The lowest BCUT2D eigenvalue weighted by Gasteiger charge is -2.11. The first-order valence-corrected chi connectivity index (χ1v) is 5.60. The third-order valence-corrected chi connectivity index (χ3v) is 2.26. The van der Waals surface area contributed by atoms with Crippen molar-refractivity contribution in [2.45, 2.75) is 13.8 Å². The van der Waals surface area contributed by atoms with E-state index in [1.165, 1.54) is 0 Å². The fourth-order valence-electron chi connectivity index (χ4n) is 1.43. The molecule has 0 aliphatic heterocycles. The summed E-state index contributed by atoms with van der Waals surface area (Å²) in [6.07, 6.45) is 0. The van der Waals surface area contributed by atoms with Crippen LogP contribution >= 0.6 is 0 Å². The van der Waals surface area contributed by atoms with Gasteiger partial charge in [0.2, 0.25) is 5.90 Å². The van der Waals surface area contributed by atoms with Crippen molar-refractivity contribution in [2.24, 2.45) is 10.9 Å². The highest BCUT2D eigenvalue weighted by Gasteiger charge is 2.09. The van der Waals surface area contributed by atoms with Crippen LogP contribution in [-0.4, -0.2) is 24.2 Å². The van der Waals surface area contributed by atoms with Gasteiger partial charge in [-0.05, 0) is 37.6 Å². The van der Waals surface area contributed by atoms with E-state index in [9.17, 15) is 0 Å². The molecule has 0 amide bonds. The Morgan fingerprint density at radius 1 is 1.50 bits per heavy atom. The molecule has 0 saturated heterocycles. The van der Waals surface area contributed by atoms with Gasteiger partial charge in [-0.3, -0.25) is 0 Å². The van der Waals surface area contributed by atoms with Crippen molar-refractivity contribution in [1.82, 2.24) is 0 Å². The number of nitrogens with two attached hydrogens (primary N) is 1. The second-order valence-corrected chi connectivity index (χ2v) is 3.65. The molecule has 0 atom stereocenters. The highest BCUT2D eigenvalue weighted by molar-refractivity contribution is 5.94. The lowest BCUT2D eigenvalue weighted by molar-refractivity contribution is 0.259. The zero-order chi connectivity index (χ0) is 13.5. The van der Waals surface area contributed by atoms with Gasteiger partial charge in [0.25, 0.3) is 0 Å². The third-order valence-electron chi connectivity index (χ3n) is 2.26. The highest BCUT2D eigenvalue weighted by Crippen LogP contribution is 2.20. The molecule has 5 nitrogen and oxygen atoms in total. The number of aliphatic hydroxyl groups is 1. The van der Waals surface area contributed by atoms with Crippen LogP contribution in [0.4, 0.5) is 0 Å². The predicted octanol–water partition coefficient (Wildman–Crippen LogP) is 1.54. The first-order valence-electron chi connectivity index (χ1n) is 5.60. The summed E-state index contributed by atoms with van der Waals surface area (Å²) in [5.41, 5.74) is 1.65. The van der Waals surface area contributed by atoms with E-state index in [0.717, 1.165) is 11.3 Å². The minimum Gasteiger partial charge on any atom is -0.494 e. The molecule has 1 aromatic carbocycles. The fourth-order valence-corrected chi connectivity index (χ4v) is 1.43. The van der Waals surface area contributed by atoms with Crippen molar-refractivity contribution in [2.75, 3.05) is 13.2 Å². The van der Waals surface area contributed by atoms with Crippen LogP contribution in [0.5, 0.6) is 5.75 Å². The van der Waals surface area contributed by atoms with E-state index < -0.39 is 0 Å². The largest absolute Gasteiger partial charge is 0.494 e. The molecule has 0 saturated carbocycles. The van der Waals surface area contributed by atoms with Gasteiger partial charge in [-0.2, -0.15) is 0 Å². The van der Waals surface area contributed by atoms with Gasteiger partial charge in [-0.1, -0.05) is 6.58 Å². The van der Waals surface area contributed by atoms with Crippen LogP contribution in [-0.2, 0) is 4.74 Å². The Bertz CT molecular complexity index is 456. The summed E-state index contributed by atoms with van der Waals surface area (Å²) >= 11 is 0. The van der Waals surface area contributed by atoms with Gasteiger partial charge in [0, 0.05) is 5.56 Å². The maximum Gasteiger partial charge on any atom is 0.242 e. The Labute approximate surface area is 107 Å². The molecule has 5 heteroatoms. The average molecular weight is 250 g/mol. The fraction of sp³-hybridized carbons (Fsp3) is 0.308. The minimum atomic E-state index is -0.283. The molecule has 3 N–H and O–H groups in total. The number of aliphatic hydroxyl groups excluding tert-OH is 1. The van der Waals surface area contributed by atoms with Crippen LogP contribution in [0.15, 0.2) is 35.6 Å². The first-order chi connectivity index (χ1) is 8.62. The molecule has 0 aromatic heterocycles. The number of ether oxygens (including phenoxy) is 2. The van der Waals surface area contributed by atoms with Crippen LogP contribution in [0.3, 0.4) is 0 Å². The first kappa shape index (κ1) is 14.1. The van der Waals surface area contributed by atoms with Gasteiger partial charge in [0.1, 0.15) is 18.1 Å². The highest BCUT2D eigenvalue weighted by atomic mass is 16.5. The van der Waals surface area contributed by atoms with E-state index in [1.54, 1.807) is 6.07 Å². The summed E-state index contributed by atoms with van der Waals surface area (Å²) < 4.78 is 10.7. The van der Waals surface area contributed by atoms with Gasteiger partial charge in [-0.25, -0.2) is 0 Å². The van der Waals surface area contributed by atoms with Gasteiger partial charge in [-0.15, -0.1) is 5.10 Å². The lowest BCUT2D eigenvalue weighted by Crippen LogP contribution is -2.11. The Morgan fingerprint density at radius 2 is 2.22 bits per heavy atom. The van der Waals surface area contributed by atoms with Crippen LogP contribution < -0.4 is 10.6 Å². The SMILES string of the molecule is C=C(CO)O/C(=N\N)c1ccc(OCC)c(C)c1. The zero-order valence-electron chi connectivity index (χ0n) is 10.6. The molecular formula is C13H18N2O3. The third kappa shape index (κ3) is 3.49. The Hall–Kier alpha value is -2.01. The van der Waals surface area contributed by atoms with Crippen molar-refractivity contribution in [3.05, 3.63) is 41.7 Å². The maximum absolute atomic E-state index is 8.85. The molecule has 0 aliphatic rings. The van der Waals surface area contributed by atoms with E-state index in [-0.39, 0.29) is 18.3 Å². The van der Waals surface area contributed by atoms with Crippen LogP contribution in [0.1, 0.15) is 18.1 Å². The van der Waals surface area contributed by atoms with Crippen molar-refractivity contribution in [3.8, 4) is 5.75 Å². The average Bonchev–Trinajstić information content (AvgIpc) is 2.38. The van der Waals surface area contributed by atoms with Crippen molar-refractivity contribution in [1.29, 1.82) is 0 Å². The quantitative estimate of drug-likeness (QED) is 0.273. The van der Waals surface area contributed by atoms with Gasteiger partial charge < -0.3 is 20.4 Å².